The van der Waals surface area contributed by atoms with E-state index >= 15 is 0 Å². The van der Waals surface area contributed by atoms with Gasteiger partial charge in [0.05, 0.1) is 0 Å². The van der Waals surface area contributed by atoms with Gasteiger partial charge in [-0.25, -0.2) is 0 Å². The number of halogens is 1. The van der Waals surface area contributed by atoms with E-state index in [-0.39, 0.29) is 5.75 Å². The second-order valence-electron chi connectivity index (χ2n) is 2.86. The van der Waals surface area contributed by atoms with E-state index in [0.29, 0.717) is 10.9 Å². The smallest absolute Gasteiger partial charge is 0.120 e. The fourth-order valence-electron chi connectivity index (χ4n) is 1.01. The minimum Gasteiger partial charge on any atom is -0.508 e. The summed E-state index contributed by atoms with van der Waals surface area (Å²) in [5.74, 6) is 0.625. The number of aromatic hydroxyl groups is 1. The third-order valence-electron chi connectivity index (χ3n) is 1.61. The van der Waals surface area contributed by atoms with Crippen LogP contribution in [0.4, 0.5) is 0 Å². The minimum atomic E-state index is 0.285. The van der Waals surface area contributed by atoms with E-state index in [1.54, 1.807) is 12.1 Å². The zero-order valence-electron chi connectivity index (χ0n) is 6.63. The molecule has 0 bridgehead atoms. The molecule has 0 radical (unpaired) electrons. The fraction of sp³-hybridized carbons (Fsp3) is 0.333. The van der Waals surface area contributed by atoms with Crippen molar-refractivity contribution in [3.63, 3.8) is 0 Å². The van der Waals surface area contributed by atoms with Crippen LogP contribution in [-0.4, -0.2) is 5.11 Å². The summed E-state index contributed by atoms with van der Waals surface area (Å²) in [6.45, 7) is 4.06. The Morgan fingerprint density at radius 1 is 1.36 bits per heavy atom. The number of rotatable bonds is 1. The molecule has 0 aromatic heterocycles. The summed E-state index contributed by atoms with van der Waals surface area (Å²) in [5, 5.41) is 9.95. The molecule has 0 aliphatic rings. The molecule has 0 atom stereocenters. The van der Waals surface area contributed by atoms with Crippen LogP contribution < -0.4 is 0 Å². The molecule has 1 aromatic carbocycles. The standard InChI is InChI=1S/C9H11ClO/c1-6(2)8-4-3-7(10)5-9(8)11/h3-6,11H,1-2H3. The lowest BCUT2D eigenvalue weighted by Crippen LogP contribution is -1.86. The van der Waals surface area contributed by atoms with Crippen molar-refractivity contribution in [1.82, 2.24) is 0 Å². The first-order valence-corrected chi connectivity index (χ1v) is 3.97. The summed E-state index contributed by atoms with van der Waals surface area (Å²) >= 11 is 5.66. The van der Waals surface area contributed by atoms with E-state index in [9.17, 15) is 5.11 Å². The predicted octanol–water partition coefficient (Wildman–Crippen LogP) is 3.17. The molecule has 1 aromatic rings. The van der Waals surface area contributed by atoms with Gasteiger partial charge in [-0.3, -0.25) is 0 Å². The topological polar surface area (TPSA) is 20.2 Å². The molecule has 0 spiro atoms. The van der Waals surface area contributed by atoms with Crippen molar-refractivity contribution in [2.24, 2.45) is 0 Å². The van der Waals surface area contributed by atoms with Gasteiger partial charge in [-0.15, -0.1) is 0 Å². The Morgan fingerprint density at radius 3 is 2.45 bits per heavy atom. The molecule has 0 aliphatic carbocycles. The first-order chi connectivity index (χ1) is 5.11. The number of benzene rings is 1. The predicted molar refractivity (Wildman–Crippen MR) is 47.2 cm³/mol. The Labute approximate surface area is 71.6 Å². The van der Waals surface area contributed by atoms with E-state index in [4.69, 9.17) is 11.6 Å². The van der Waals surface area contributed by atoms with Gasteiger partial charge in [0.1, 0.15) is 5.75 Å². The molecule has 0 saturated heterocycles. The number of hydrogen-bond donors (Lipinski definition) is 1. The van der Waals surface area contributed by atoms with Gasteiger partial charge in [0.15, 0.2) is 0 Å². The summed E-state index contributed by atoms with van der Waals surface area (Å²) in [4.78, 5) is 0. The normalized spacial score (nSPS) is 10.5. The van der Waals surface area contributed by atoms with Crippen LogP contribution in [0.5, 0.6) is 5.75 Å². The molecule has 2 heteroatoms. The van der Waals surface area contributed by atoms with E-state index in [1.165, 1.54) is 0 Å². The monoisotopic (exact) mass is 170 g/mol. The molecule has 0 heterocycles. The Bertz CT molecular complexity index is 256. The minimum absolute atomic E-state index is 0.285. The van der Waals surface area contributed by atoms with Gasteiger partial charge in [0.25, 0.3) is 0 Å². The zero-order valence-corrected chi connectivity index (χ0v) is 7.39. The first-order valence-electron chi connectivity index (χ1n) is 3.59. The summed E-state index contributed by atoms with van der Waals surface area (Å²) in [5.41, 5.74) is 0.939. The zero-order chi connectivity index (χ0) is 8.43. The van der Waals surface area contributed by atoms with E-state index < -0.39 is 0 Å². The van der Waals surface area contributed by atoms with Crippen molar-refractivity contribution in [2.45, 2.75) is 19.8 Å². The molecule has 1 rings (SSSR count). The SMILES string of the molecule is CC(C)c1ccc(Cl)cc1O. The van der Waals surface area contributed by atoms with Crippen molar-refractivity contribution < 1.29 is 5.11 Å². The fourth-order valence-corrected chi connectivity index (χ4v) is 1.17. The summed E-state index contributed by atoms with van der Waals surface area (Å²) in [7, 11) is 0. The maximum Gasteiger partial charge on any atom is 0.120 e. The highest BCUT2D eigenvalue weighted by Gasteiger charge is 2.04. The molecule has 0 fully saturated rings. The Hall–Kier alpha value is -0.690. The molecule has 1 nitrogen and oxygen atoms in total. The van der Waals surface area contributed by atoms with Gasteiger partial charge < -0.3 is 5.11 Å². The van der Waals surface area contributed by atoms with Crippen LogP contribution >= 0.6 is 11.6 Å². The lowest BCUT2D eigenvalue weighted by Gasteiger charge is -2.07. The molecule has 11 heavy (non-hydrogen) atoms. The van der Waals surface area contributed by atoms with Crippen LogP contribution in [0, 0.1) is 0 Å². The third kappa shape index (κ3) is 1.87. The van der Waals surface area contributed by atoms with Crippen molar-refractivity contribution in [3.8, 4) is 5.75 Å². The van der Waals surface area contributed by atoms with Gasteiger partial charge in [-0.05, 0) is 23.6 Å². The summed E-state index contributed by atoms with van der Waals surface area (Å²) in [6, 6.07) is 5.20. The molecule has 0 unspecified atom stereocenters. The van der Waals surface area contributed by atoms with Gasteiger partial charge in [0, 0.05) is 5.02 Å². The number of phenols is 1. The quantitative estimate of drug-likeness (QED) is 0.687. The Morgan fingerprint density at radius 2 is 2.00 bits per heavy atom. The molecule has 0 amide bonds. The van der Waals surface area contributed by atoms with E-state index in [2.05, 4.69) is 0 Å². The lowest BCUT2D eigenvalue weighted by atomic mass is 10.0. The van der Waals surface area contributed by atoms with E-state index in [1.807, 2.05) is 19.9 Å². The van der Waals surface area contributed by atoms with Crippen LogP contribution in [0.15, 0.2) is 18.2 Å². The van der Waals surface area contributed by atoms with Crippen LogP contribution in [0.2, 0.25) is 5.02 Å². The lowest BCUT2D eigenvalue weighted by molar-refractivity contribution is 0.465. The summed E-state index contributed by atoms with van der Waals surface area (Å²) < 4.78 is 0. The third-order valence-corrected chi connectivity index (χ3v) is 1.85. The largest absolute Gasteiger partial charge is 0.508 e. The van der Waals surface area contributed by atoms with Crippen molar-refractivity contribution in [1.29, 1.82) is 0 Å². The van der Waals surface area contributed by atoms with Crippen LogP contribution in [-0.2, 0) is 0 Å². The highest BCUT2D eigenvalue weighted by atomic mass is 35.5. The van der Waals surface area contributed by atoms with Crippen LogP contribution in [0.25, 0.3) is 0 Å². The van der Waals surface area contributed by atoms with Crippen LogP contribution in [0.1, 0.15) is 25.3 Å². The molecule has 60 valence electrons. The summed E-state index contributed by atoms with van der Waals surface area (Å²) in [6.07, 6.45) is 0. The average molecular weight is 171 g/mol. The van der Waals surface area contributed by atoms with Gasteiger partial charge >= 0.3 is 0 Å². The van der Waals surface area contributed by atoms with Crippen molar-refractivity contribution in [2.75, 3.05) is 0 Å². The number of hydrogen-bond acceptors (Lipinski definition) is 1. The highest BCUT2D eigenvalue weighted by molar-refractivity contribution is 6.30. The van der Waals surface area contributed by atoms with Crippen molar-refractivity contribution in [3.05, 3.63) is 28.8 Å². The molecule has 1 N–H and O–H groups in total. The first kappa shape index (κ1) is 8.41. The molecular weight excluding hydrogens is 160 g/mol. The maximum absolute atomic E-state index is 9.38. The van der Waals surface area contributed by atoms with Gasteiger partial charge in [-0.1, -0.05) is 31.5 Å². The van der Waals surface area contributed by atoms with Gasteiger partial charge in [0.2, 0.25) is 0 Å². The Kier molecular flexibility index (Phi) is 2.40. The Balaban J connectivity index is 3.09. The second-order valence-corrected chi connectivity index (χ2v) is 3.29. The molecule has 0 saturated carbocycles. The maximum atomic E-state index is 9.38. The molecule has 0 aliphatic heterocycles. The van der Waals surface area contributed by atoms with Gasteiger partial charge in [-0.2, -0.15) is 0 Å². The average Bonchev–Trinajstić information content (AvgIpc) is 1.85. The van der Waals surface area contributed by atoms with Crippen molar-refractivity contribution >= 4 is 11.6 Å². The highest BCUT2D eigenvalue weighted by Crippen LogP contribution is 2.27. The van der Waals surface area contributed by atoms with Crippen LogP contribution in [0.3, 0.4) is 0 Å². The van der Waals surface area contributed by atoms with E-state index in [0.717, 1.165) is 5.56 Å². The second kappa shape index (κ2) is 3.14. The molecular formula is C9H11ClO. The number of phenolic OH excluding ortho intramolecular Hbond substituents is 1.